The van der Waals surface area contributed by atoms with Crippen LogP contribution in [0.2, 0.25) is 0 Å². The average molecular weight is 285 g/mol. The Morgan fingerprint density at radius 2 is 1.80 bits per heavy atom. The predicted molar refractivity (Wildman–Crippen MR) is 72.7 cm³/mol. The maximum Gasteiger partial charge on any atom is 0.190 e. The molecule has 0 aromatic heterocycles. The molecular weight excluding hydrogens is 264 g/mol. The van der Waals surface area contributed by atoms with E-state index < -0.39 is 23.0 Å². The van der Waals surface area contributed by atoms with Crippen LogP contribution in [0.25, 0.3) is 0 Å². The molecule has 1 aliphatic rings. The summed E-state index contributed by atoms with van der Waals surface area (Å²) in [5.74, 6) is -1.85. The lowest BCUT2D eigenvalue weighted by molar-refractivity contribution is -0.0355. The van der Waals surface area contributed by atoms with Crippen LogP contribution in [-0.2, 0) is 6.54 Å². The molecule has 0 amide bonds. The minimum absolute atomic E-state index is 0.0633. The Morgan fingerprint density at radius 1 is 1.20 bits per heavy atom. The summed E-state index contributed by atoms with van der Waals surface area (Å²) in [7, 11) is 1.71. The molecule has 0 heterocycles. The predicted octanol–water partition coefficient (Wildman–Crippen LogP) is 2.76. The normalized spacial score (nSPS) is 18.0. The van der Waals surface area contributed by atoms with Gasteiger partial charge in [0.15, 0.2) is 17.4 Å². The molecule has 112 valence electrons. The molecule has 0 radical (unpaired) electrons. The number of benzene rings is 1. The third kappa shape index (κ3) is 3.67. The fraction of sp³-hybridized carbons (Fsp3) is 0.600. The number of hydrogen-bond acceptors (Lipinski definition) is 3. The van der Waals surface area contributed by atoms with E-state index in [0.29, 0.717) is 24.9 Å². The van der Waals surface area contributed by atoms with E-state index in [0.717, 1.165) is 19.3 Å². The van der Waals surface area contributed by atoms with Crippen molar-refractivity contribution in [2.75, 3.05) is 13.7 Å². The maximum atomic E-state index is 13.8. The highest BCUT2D eigenvalue weighted by Gasteiger charge is 2.30. The van der Waals surface area contributed by atoms with Crippen LogP contribution in [0.3, 0.4) is 0 Å². The van der Waals surface area contributed by atoms with Crippen LogP contribution in [0.5, 0.6) is 5.75 Å². The Morgan fingerprint density at radius 3 is 2.35 bits per heavy atom. The van der Waals surface area contributed by atoms with Crippen molar-refractivity contribution in [2.24, 2.45) is 0 Å². The number of halogens is 2. The van der Waals surface area contributed by atoms with Crippen molar-refractivity contribution in [3.8, 4) is 5.75 Å². The second kappa shape index (κ2) is 6.50. The summed E-state index contributed by atoms with van der Waals surface area (Å²) in [6, 6.07) is 2.50. The van der Waals surface area contributed by atoms with Gasteiger partial charge in [0.2, 0.25) is 0 Å². The van der Waals surface area contributed by atoms with Gasteiger partial charge in [-0.1, -0.05) is 19.3 Å². The number of rotatable bonds is 5. The summed E-state index contributed by atoms with van der Waals surface area (Å²) in [5, 5.41) is 13.1. The SMILES string of the molecule is CNCc1cc(F)c(OCC2(O)CCCCC2)c(F)c1. The molecule has 20 heavy (non-hydrogen) atoms. The first-order valence-electron chi connectivity index (χ1n) is 7.02. The summed E-state index contributed by atoms with van der Waals surface area (Å²) < 4.78 is 32.9. The van der Waals surface area contributed by atoms with Gasteiger partial charge in [-0.05, 0) is 37.6 Å². The fourth-order valence-corrected chi connectivity index (χ4v) is 2.62. The lowest BCUT2D eigenvalue weighted by atomic mass is 9.85. The van der Waals surface area contributed by atoms with Crippen LogP contribution in [0.4, 0.5) is 8.78 Å². The summed E-state index contributed by atoms with van der Waals surface area (Å²) in [6.45, 7) is 0.324. The number of ether oxygens (including phenoxy) is 1. The van der Waals surface area contributed by atoms with E-state index >= 15 is 0 Å². The average Bonchev–Trinajstić information content (AvgIpc) is 2.39. The minimum atomic E-state index is -0.958. The Balaban J connectivity index is 2.05. The summed E-state index contributed by atoms with van der Waals surface area (Å²) in [4.78, 5) is 0. The third-order valence-corrected chi connectivity index (χ3v) is 3.71. The van der Waals surface area contributed by atoms with Crippen molar-refractivity contribution in [1.29, 1.82) is 0 Å². The molecule has 0 spiro atoms. The highest BCUT2D eigenvalue weighted by atomic mass is 19.1. The highest BCUT2D eigenvalue weighted by molar-refractivity contribution is 5.31. The molecule has 5 heteroatoms. The first-order chi connectivity index (χ1) is 9.54. The Labute approximate surface area is 117 Å². The number of nitrogens with one attached hydrogen (secondary N) is 1. The summed E-state index contributed by atoms with van der Waals surface area (Å²) in [6.07, 6.45) is 4.17. The molecule has 0 unspecified atom stereocenters. The molecule has 3 nitrogen and oxygen atoms in total. The number of aliphatic hydroxyl groups is 1. The van der Waals surface area contributed by atoms with Gasteiger partial charge in [0.25, 0.3) is 0 Å². The maximum absolute atomic E-state index is 13.8. The highest BCUT2D eigenvalue weighted by Crippen LogP contribution is 2.30. The van der Waals surface area contributed by atoms with E-state index in [-0.39, 0.29) is 6.61 Å². The van der Waals surface area contributed by atoms with Gasteiger partial charge in [0, 0.05) is 6.54 Å². The molecule has 1 aromatic carbocycles. The Bertz CT molecular complexity index is 436. The molecule has 0 saturated heterocycles. The Hall–Kier alpha value is -1.20. The summed E-state index contributed by atoms with van der Waals surface area (Å²) >= 11 is 0. The first-order valence-corrected chi connectivity index (χ1v) is 7.02. The lowest BCUT2D eigenvalue weighted by Gasteiger charge is -2.31. The van der Waals surface area contributed by atoms with Gasteiger partial charge in [-0.3, -0.25) is 0 Å². The molecule has 0 aliphatic heterocycles. The zero-order chi connectivity index (χ0) is 14.6. The van der Waals surface area contributed by atoms with Crippen LogP contribution in [0.1, 0.15) is 37.7 Å². The molecule has 0 atom stereocenters. The van der Waals surface area contributed by atoms with E-state index in [1.807, 2.05) is 0 Å². The minimum Gasteiger partial charge on any atom is -0.485 e. The zero-order valence-electron chi connectivity index (χ0n) is 11.7. The van der Waals surface area contributed by atoms with Gasteiger partial charge in [-0.25, -0.2) is 8.78 Å². The molecule has 1 aromatic rings. The molecule has 1 aliphatic carbocycles. The van der Waals surface area contributed by atoms with Crippen molar-refractivity contribution in [2.45, 2.75) is 44.2 Å². The third-order valence-electron chi connectivity index (χ3n) is 3.71. The van der Waals surface area contributed by atoms with Gasteiger partial charge in [0.05, 0.1) is 5.60 Å². The second-order valence-electron chi connectivity index (χ2n) is 5.49. The molecule has 0 bridgehead atoms. The van der Waals surface area contributed by atoms with Crippen molar-refractivity contribution in [1.82, 2.24) is 5.32 Å². The van der Waals surface area contributed by atoms with E-state index in [2.05, 4.69) is 5.32 Å². The van der Waals surface area contributed by atoms with Crippen LogP contribution >= 0.6 is 0 Å². The monoisotopic (exact) mass is 285 g/mol. The van der Waals surface area contributed by atoms with Crippen LogP contribution in [0, 0.1) is 11.6 Å². The van der Waals surface area contributed by atoms with E-state index in [9.17, 15) is 13.9 Å². The van der Waals surface area contributed by atoms with Crippen molar-refractivity contribution in [3.63, 3.8) is 0 Å². The molecule has 2 N–H and O–H groups in total. The standard InChI is InChI=1S/C15H21F2NO2/c1-18-9-11-7-12(16)14(13(17)8-11)20-10-15(19)5-3-2-4-6-15/h7-8,18-19H,2-6,9-10H2,1H3. The zero-order valence-corrected chi connectivity index (χ0v) is 11.7. The van der Waals surface area contributed by atoms with Gasteiger partial charge < -0.3 is 15.2 Å². The number of hydrogen-bond donors (Lipinski definition) is 2. The topological polar surface area (TPSA) is 41.5 Å². The van der Waals surface area contributed by atoms with Crippen LogP contribution < -0.4 is 10.1 Å². The summed E-state index contributed by atoms with van der Waals surface area (Å²) in [5.41, 5.74) is -0.438. The quantitative estimate of drug-likeness (QED) is 0.874. The smallest absolute Gasteiger partial charge is 0.190 e. The van der Waals surface area contributed by atoms with Gasteiger partial charge in [0.1, 0.15) is 6.61 Å². The van der Waals surface area contributed by atoms with Crippen molar-refractivity contribution in [3.05, 3.63) is 29.3 Å². The van der Waals surface area contributed by atoms with Gasteiger partial charge >= 0.3 is 0 Å². The van der Waals surface area contributed by atoms with Crippen molar-refractivity contribution >= 4 is 0 Å². The van der Waals surface area contributed by atoms with Crippen molar-refractivity contribution < 1.29 is 18.6 Å². The molecule has 1 saturated carbocycles. The largest absolute Gasteiger partial charge is 0.485 e. The van der Waals surface area contributed by atoms with Gasteiger partial charge in [-0.2, -0.15) is 0 Å². The van der Waals surface area contributed by atoms with Crippen LogP contribution in [-0.4, -0.2) is 24.4 Å². The second-order valence-corrected chi connectivity index (χ2v) is 5.49. The van der Waals surface area contributed by atoms with Gasteiger partial charge in [-0.15, -0.1) is 0 Å². The lowest BCUT2D eigenvalue weighted by Crippen LogP contribution is -2.38. The van der Waals surface area contributed by atoms with E-state index in [1.165, 1.54) is 12.1 Å². The molecule has 2 rings (SSSR count). The fourth-order valence-electron chi connectivity index (χ4n) is 2.62. The van der Waals surface area contributed by atoms with E-state index in [1.54, 1.807) is 7.05 Å². The first kappa shape index (κ1) is 15.2. The molecular formula is C15H21F2NO2. The van der Waals surface area contributed by atoms with E-state index in [4.69, 9.17) is 4.74 Å². The van der Waals surface area contributed by atoms with Crippen LogP contribution in [0.15, 0.2) is 12.1 Å². The Kier molecular flexibility index (Phi) is 4.94. The molecule has 1 fully saturated rings.